The van der Waals surface area contributed by atoms with Gasteiger partial charge in [0.1, 0.15) is 0 Å². The summed E-state index contributed by atoms with van der Waals surface area (Å²) in [5.74, 6) is 0. The molecule has 0 bridgehead atoms. The van der Waals surface area contributed by atoms with Gasteiger partial charge in [-0.2, -0.15) is 0 Å². The minimum atomic E-state index is 0.262. The minimum Gasteiger partial charge on any atom is -0.396 e. The molecule has 0 aromatic heterocycles. The fourth-order valence-electron chi connectivity index (χ4n) is 2.02. The molecular formula is C15H25NO2. The Bertz CT molecular complexity index is 318. The van der Waals surface area contributed by atoms with Crippen molar-refractivity contribution in [3.63, 3.8) is 0 Å². The highest BCUT2D eigenvalue weighted by Gasteiger charge is 2.06. The van der Waals surface area contributed by atoms with Gasteiger partial charge in [-0.05, 0) is 50.3 Å². The molecule has 0 radical (unpaired) electrons. The lowest BCUT2D eigenvalue weighted by molar-refractivity contribution is 0.282. The Balaban J connectivity index is 2.57. The van der Waals surface area contributed by atoms with E-state index in [4.69, 9.17) is 10.2 Å². The number of aliphatic hydroxyl groups excluding tert-OH is 2. The van der Waals surface area contributed by atoms with E-state index in [1.54, 1.807) is 0 Å². The summed E-state index contributed by atoms with van der Waals surface area (Å²) in [6.07, 6.45) is 3.71. The quantitative estimate of drug-likeness (QED) is 0.662. The van der Waals surface area contributed by atoms with Gasteiger partial charge in [0.15, 0.2) is 0 Å². The fraction of sp³-hybridized carbons (Fsp3) is 0.600. The van der Waals surface area contributed by atoms with Crippen molar-refractivity contribution in [2.45, 2.75) is 32.6 Å². The normalized spacial score (nSPS) is 10.6. The first-order chi connectivity index (χ1) is 8.77. The Kier molecular flexibility index (Phi) is 7.46. The van der Waals surface area contributed by atoms with Crippen LogP contribution in [0.5, 0.6) is 0 Å². The summed E-state index contributed by atoms with van der Waals surface area (Å²) in [4.78, 5) is 2.35. The molecule has 0 spiro atoms. The second kappa shape index (κ2) is 8.95. The molecule has 3 nitrogen and oxygen atoms in total. The summed E-state index contributed by atoms with van der Waals surface area (Å²) in [6.45, 7) is 4.56. The average Bonchev–Trinajstić information content (AvgIpc) is 2.37. The van der Waals surface area contributed by atoms with E-state index in [0.717, 1.165) is 38.8 Å². The molecule has 102 valence electrons. The molecule has 0 saturated heterocycles. The Hall–Kier alpha value is -1.06. The standard InChI is InChI=1S/C15H25NO2/c1-14-7-6-8-15(13-14)16(9-2-4-11-17)10-3-5-12-18/h6-8,13,17-18H,2-5,9-12H2,1H3. The summed E-state index contributed by atoms with van der Waals surface area (Å²) < 4.78 is 0. The zero-order chi connectivity index (χ0) is 13.2. The maximum Gasteiger partial charge on any atom is 0.0431 e. The third-order valence-corrected chi connectivity index (χ3v) is 3.04. The molecule has 0 atom stereocenters. The predicted octanol–water partition coefficient (Wildman–Crippen LogP) is 2.35. The van der Waals surface area contributed by atoms with Crippen LogP contribution in [0, 0.1) is 6.92 Å². The second-order valence-corrected chi connectivity index (χ2v) is 4.69. The Morgan fingerprint density at radius 1 is 0.944 bits per heavy atom. The van der Waals surface area contributed by atoms with Crippen LogP contribution in [0.15, 0.2) is 24.3 Å². The number of aryl methyl sites for hydroxylation is 1. The smallest absolute Gasteiger partial charge is 0.0431 e. The van der Waals surface area contributed by atoms with Gasteiger partial charge in [0.2, 0.25) is 0 Å². The summed E-state index contributed by atoms with van der Waals surface area (Å²) in [6, 6.07) is 8.50. The van der Waals surface area contributed by atoms with Crippen LogP contribution in [0.2, 0.25) is 0 Å². The largest absolute Gasteiger partial charge is 0.396 e. The molecule has 3 heteroatoms. The van der Waals surface area contributed by atoms with Gasteiger partial charge in [-0.15, -0.1) is 0 Å². The van der Waals surface area contributed by atoms with Gasteiger partial charge in [0, 0.05) is 32.0 Å². The number of hydrogen-bond donors (Lipinski definition) is 2. The zero-order valence-corrected chi connectivity index (χ0v) is 11.3. The minimum absolute atomic E-state index is 0.262. The van der Waals surface area contributed by atoms with Crippen LogP contribution < -0.4 is 4.90 Å². The molecule has 0 amide bonds. The van der Waals surface area contributed by atoms with Crippen LogP contribution in [0.25, 0.3) is 0 Å². The maximum absolute atomic E-state index is 8.86. The van der Waals surface area contributed by atoms with E-state index in [2.05, 4.69) is 36.1 Å². The average molecular weight is 251 g/mol. The summed E-state index contributed by atoms with van der Waals surface area (Å²) in [5, 5.41) is 17.7. The number of nitrogens with zero attached hydrogens (tertiary/aromatic N) is 1. The topological polar surface area (TPSA) is 43.7 Å². The Morgan fingerprint density at radius 2 is 1.56 bits per heavy atom. The molecule has 0 fully saturated rings. The fourth-order valence-corrected chi connectivity index (χ4v) is 2.02. The lowest BCUT2D eigenvalue weighted by Crippen LogP contribution is -2.26. The van der Waals surface area contributed by atoms with Crippen LogP contribution in [0.1, 0.15) is 31.2 Å². The number of hydrogen-bond acceptors (Lipinski definition) is 3. The van der Waals surface area contributed by atoms with E-state index in [9.17, 15) is 0 Å². The monoisotopic (exact) mass is 251 g/mol. The number of aliphatic hydroxyl groups is 2. The first kappa shape index (κ1) is 15.0. The highest BCUT2D eigenvalue weighted by atomic mass is 16.3. The van der Waals surface area contributed by atoms with E-state index in [1.807, 2.05) is 0 Å². The zero-order valence-electron chi connectivity index (χ0n) is 11.3. The summed E-state index contributed by atoms with van der Waals surface area (Å²) >= 11 is 0. The van der Waals surface area contributed by atoms with Crippen molar-refractivity contribution in [3.8, 4) is 0 Å². The maximum atomic E-state index is 8.86. The van der Waals surface area contributed by atoms with Crippen LogP contribution in [-0.2, 0) is 0 Å². The van der Waals surface area contributed by atoms with Crippen molar-refractivity contribution < 1.29 is 10.2 Å². The van der Waals surface area contributed by atoms with Gasteiger partial charge in [0.25, 0.3) is 0 Å². The van der Waals surface area contributed by atoms with Gasteiger partial charge in [-0.3, -0.25) is 0 Å². The number of unbranched alkanes of at least 4 members (excludes halogenated alkanes) is 2. The lowest BCUT2D eigenvalue weighted by Gasteiger charge is -2.25. The summed E-state index contributed by atoms with van der Waals surface area (Å²) in [5.41, 5.74) is 2.51. The molecule has 0 saturated carbocycles. The highest BCUT2D eigenvalue weighted by Crippen LogP contribution is 2.17. The summed E-state index contributed by atoms with van der Waals surface area (Å²) in [7, 11) is 0. The third kappa shape index (κ3) is 5.52. The second-order valence-electron chi connectivity index (χ2n) is 4.69. The van der Waals surface area contributed by atoms with Crippen LogP contribution >= 0.6 is 0 Å². The van der Waals surface area contributed by atoms with Gasteiger partial charge < -0.3 is 15.1 Å². The first-order valence-corrected chi connectivity index (χ1v) is 6.81. The molecule has 0 aliphatic carbocycles. The van der Waals surface area contributed by atoms with Crippen LogP contribution in [0.3, 0.4) is 0 Å². The van der Waals surface area contributed by atoms with Gasteiger partial charge in [-0.25, -0.2) is 0 Å². The lowest BCUT2D eigenvalue weighted by atomic mass is 10.2. The molecule has 0 unspecified atom stereocenters. The van der Waals surface area contributed by atoms with Crippen molar-refractivity contribution in [3.05, 3.63) is 29.8 Å². The van der Waals surface area contributed by atoms with E-state index in [0.29, 0.717) is 0 Å². The third-order valence-electron chi connectivity index (χ3n) is 3.04. The highest BCUT2D eigenvalue weighted by molar-refractivity contribution is 5.48. The van der Waals surface area contributed by atoms with Crippen molar-refractivity contribution in [2.75, 3.05) is 31.2 Å². The molecule has 18 heavy (non-hydrogen) atoms. The Labute approximate surface area is 110 Å². The van der Waals surface area contributed by atoms with Crippen molar-refractivity contribution in [1.82, 2.24) is 0 Å². The predicted molar refractivity (Wildman–Crippen MR) is 76.0 cm³/mol. The van der Waals surface area contributed by atoms with Crippen molar-refractivity contribution in [2.24, 2.45) is 0 Å². The van der Waals surface area contributed by atoms with E-state index in [1.165, 1.54) is 11.3 Å². The molecule has 1 rings (SSSR count). The van der Waals surface area contributed by atoms with Crippen molar-refractivity contribution in [1.29, 1.82) is 0 Å². The van der Waals surface area contributed by atoms with Gasteiger partial charge in [-0.1, -0.05) is 12.1 Å². The Morgan fingerprint density at radius 3 is 2.06 bits per heavy atom. The van der Waals surface area contributed by atoms with Gasteiger partial charge in [0.05, 0.1) is 0 Å². The molecule has 0 heterocycles. The number of rotatable bonds is 9. The van der Waals surface area contributed by atoms with Crippen molar-refractivity contribution >= 4 is 5.69 Å². The molecule has 0 aliphatic rings. The number of anilines is 1. The molecule has 1 aromatic carbocycles. The SMILES string of the molecule is Cc1cccc(N(CCCCO)CCCCO)c1. The number of benzene rings is 1. The van der Waals surface area contributed by atoms with E-state index < -0.39 is 0 Å². The van der Waals surface area contributed by atoms with E-state index in [-0.39, 0.29) is 13.2 Å². The van der Waals surface area contributed by atoms with Crippen LogP contribution in [0.4, 0.5) is 5.69 Å². The molecular weight excluding hydrogens is 226 g/mol. The van der Waals surface area contributed by atoms with Crippen LogP contribution in [-0.4, -0.2) is 36.5 Å². The molecule has 2 N–H and O–H groups in total. The molecule has 0 aliphatic heterocycles. The van der Waals surface area contributed by atoms with Gasteiger partial charge >= 0.3 is 0 Å². The molecule has 1 aromatic rings. The first-order valence-electron chi connectivity index (χ1n) is 6.81. The van der Waals surface area contributed by atoms with E-state index >= 15 is 0 Å².